The Kier molecular flexibility index (Phi) is 9.28. The number of nitrogens with one attached hydrogen (secondary N) is 3. The van der Waals surface area contributed by atoms with E-state index in [1.165, 1.54) is 0 Å². The van der Waals surface area contributed by atoms with Gasteiger partial charge in [0.15, 0.2) is 5.96 Å². The number of guanidine groups is 1. The third kappa shape index (κ3) is 8.54. The minimum absolute atomic E-state index is 0.151. The largest absolute Gasteiger partial charge is 0.357 e. The molecule has 0 unspecified atom stereocenters. The fraction of sp³-hybridized carbons (Fsp3) is 0.842. The molecular formula is C19H35N5O2. The van der Waals surface area contributed by atoms with Gasteiger partial charge in [-0.2, -0.15) is 0 Å². The molecule has 7 heteroatoms. The summed E-state index contributed by atoms with van der Waals surface area (Å²) >= 11 is 0. The number of hydrogen-bond donors (Lipinski definition) is 3. The second kappa shape index (κ2) is 11.8. The van der Waals surface area contributed by atoms with E-state index in [-0.39, 0.29) is 5.91 Å². The van der Waals surface area contributed by atoms with E-state index in [1.807, 2.05) is 11.8 Å². The number of aliphatic imine (C=N–C) groups is 1. The van der Waals surface area contributed by atoms with E-state index >= 15 is 0 Å². The normalized spacial score (nSPS) is 18.4. The minimum atomic E-state index is 0.151. The lowest BCUT2D eigenvalue weighted by atomic mass is 10.2. The van der Waals surface area contributed by atoms with Crippen LogP contribution >= 0.6 is 0 Å². The maximum absolute atomic E-state index is 12.0. The Balaban J connectivity index is 1.60. The Bertz CT molecular complexity index is 477. The van der Waals surface area contributed by atoms with Gasteiger partial charge in [-0.25, -0.2) is 0 Å². The Morgan fingerprint density at radius 1 is 1.19 bits per heavy atom. The number of carbonyl (C=O) groups excluding carboxylic acids is 2. The van der Waals surface area contributed by atoms with Gasteiger partial charge in [0.05, 0.1) is 0 Å². The van der Waals surface area contributed by atoms with Crippen LogP contribution in [0.3, 0.4) is 0 Å². The molecule has 0 atom stereocenters. The zero-order valence-electron chi connectivity index (χ0n) is 16.2. The van der Waals surface area contributed by atoms with Crippen molar-refractivity contribution in [2.75, 3.05) is 32.7 Å². The summed E-state index contributed by atoms with van der Waals surface area (Å²) in [6.07, 6.45) is 8.50. The molecule has 1 heterocycles. The number of nitrogens with zero attached hydrogens (tertiary/aromatic N) is 2. The third-order valence-corrected chi connectivity index (χ3v) is 4.69. The van der Waals surface area contributed by atoms with Crippen molar-refractivity contribution in [2.45, 2.75) is 70.8 Å². The molecule has 0 aromatic heterocycles. The highest BCUT2D eigenvalue weighted by molar-refractivity contribution is 5.80. The van der Waals surface area contributed by atoms with Gasteiger partial charge >= 0.3 is 0 Å². The summed E-state index contributed by atoms with van der Waals surface area (Å²) in [7, 11) is 0. The molecule has 2 aliphatic rings. The molecule has 26 heavy (non-hydrogen) atoms. The molecule has 1 aliphatic carbocycles. The molecule has 7 nitrogen and oxygen atoms in total. The average molecular weight is 366 g/mol. The van der Waals surface area contributed by atoms with Crippen LogP contribution in [0, 0.1) is 0 Å². The molecule has 0 radical (unpaired) electrons. The summed E-state index contributed by atoms with van der Waals surface area (Å²) < 4.78 is 0. The smallest absolute Gasteiger partial charge is 0.222 e. The van der Waals surface area contributed by atoms with Gasteiger partial charge in [-0.1, -0.05) is 6.42 Å². The molecule has 1 saturated carbocycles. The second-order valence-electron chi connectivity index (χ2n) is 7.18. The Hall–Kier alpha value is -1.79. The topological polar surface area (TPSA) is 85.8 Å². The maximum Gasteiger partial charge on any atom is 0.222 e. The van der Waals surface area contributed by atoms with Crippen molar-refractivity contribution < 1.29 is 9.59 Å². The number of hydrogen-bond acceptors (Lipinski definition) is 3. The molecule has 2 amide bonds. The predicted octanol–water partition coefficient (Wildman–Crippen LogP) is 1.39. The van der Waals surface area contributed by atoms with E-state index in [0.29, 0.717) is 31.3 Å². The zero-order valence-corrected chi connectivity index (χ0v) is 16.2. The fourth-order valence-electron chi connectivity index (χ4n) is 3.05. The van der Waals surface area contributed by atoms with Gasteiger partial charge in [-0.15, -0.1) is 0 Å². The second-order valence-corrected chi connectivity index (χ2v) is 7.18. The Labute approximate surface area is 157 Å². The van der Waals surface area contributed by atoms with Crippen LogP contribution in [0.2, 0.25) is 0 Å². The SMILES string of the molecule is CCNC(=NCCCN1CCCCCC1=O)NCCCC(=O)NC1CC1. The third-order valence-electron chi connectivity index (χ3n) is 4.69. The van der Waals surface area contributed by atoms with Crippen LogP contribution in [0.15, 0.2) is 4.99 Å². The van der Waals surface area contributed by atoms with Crippen molar-refractivity contribution in [3.63, 3.8) is 0 Å². The highest BCUT2D eigenvalue weighted by Crippen LogP contribution is 2.18. The predicted molar refractivity (Wildman–Crippen MR) is 104 cm³/mol. The van der Waals surface area contributed by atoms with Crippen molar-refractivity contribution in [3.05, 3.63) is 0 Å². The molecule has 0 bridgehead atoms. The van der Waals surface area contributed by atoms with Crippen molar-refractivity contribution in [1.82, 2.24) is 20.9 Å². The number of amides is 2. The first-order valence-corrected chi connectivity index (χ1v) is 10.3. The first-order valence-electron chi connectivity index (χ1n) is 10.3. The monoisotopic (exact) mass is 365 g/mol. The summed E-state index contributed by atoms with van der Waals surface area (Å²) in [4.78, 5) is 30.2. The maximum atomic E-state index is 12.0. The van der Waals surface area contributed by atoms with Crippen LogP contribution in [0.5, 0.6) is 0 Å². The van der Waals surface area contributed by atoms with Crippen LogP contribution in [-0.2, 0) is 9.59 Å². The first-order chi connectivity index (χ1) is 12.7. The lowest BCUT2D eigenvalue weighted by Crippen LogP contribution is -2.38. The van der Waals surface area contributed by atoms with Crippen LogP contribution < -0.4 is 16.0 Å². The van der Waals surface area contributed by atoms with Crippen LogP contribution in [-0.4, -0.2) is 61.4 Å². The van der Waals surface area contributed by atoms with E-state index in [2.05, 4.69) is 20.9 Å². The number of likely N-dealkylation sites (tertiary alicyclic amines) is 1. The summed E-state index contributed by atoms with van der Waals surface area (Å²) in [5.41, 5.74) is 0. The van der Waals surface area contributed by atoms with Crippen molar-refractivity contribution in [1.29, 1.82) is 0 Å². The fourth-order valence-corrected chi connectivity index (χ4v) is 3.05. The van der Waals surface area contributed by atoms with E-state index in [1.54, 1.807) is 0 Å². The molecule has 0 aromatic rings. The first kappa shape index (κ1) is 20.5. The molecule has 1 saturated heterocycles. The molecule has 2 fully saturated rings. The van der Waals surface area contributed by atoms with Gasteiger partial charge in [-0.3, -0.25) is 14.6 Å². The van der Waals surface area contributed by atoms with Gasteiger partial charge in [0, 0.05) is 51.6 Å². The van der Waals surface area contributed by atoms with Crippen molar-refractivity contribution in [2.24, 2.45) is 4.99 Å². The number of carbonyl (C=O) groups is 2. The molecule has 3 N–H and O–H groups in total. The lowest BCUT2D eigenvalue weighted by Gasteiger charge is -2.20. The number of rotatable bonds is 10. The van der Waals surface area contributed by atoms with Gasteiger partial charge in [0.2, 0.25) is 11.8 Å². The molecule has 1 aliphatic heterocycles. The highest BCUT2D eigenvalue weighted by atomic mass is 16.2. The highest BCUT2D eigenvalue weighted by Gasteiger charge is 2.22. The standard InChI is InChI=1S/C19H35N5O2/c1-2-20-19(21-12-6-8-17(25)23-16-10-11-16)22-13-7-15-24-14-5-3-4-9-18(24)26/h16H,2-15H2,1H3,(H,23,25)(H2,20,21,22). The average Bonchev–Trinajstić information content (AvgIpc) is 3.44. The van der Waals surface area contributed by atoms with E-state index in [4.69, 9.17) is 0 Å². The molecule has 0 spiro atoms. The summed E-state index contributed by atoms with van der Waals surface area (Å²) in [6.45, 7) is 5.96. The quantitative estimate of drug-likeness (QED) is 0.310. The van der Waals surface area contributed by atoms with Crippen LogP contribution in [0.4, 0.5) is 0 Å². The molecular weight excluding hydrogens is 330 g/mol. The molecule has 148 valence electrons. The van der Waals surface area contributed by atoms with Gasteiger partial charge < -0.3 is 20.9 Å². The summed E-state index contributed by atoms with van der Waals surface area (Å²) in [5, 5.41) is 9.51. The van der Waals surface area contributed by atoms with E-state index in [0.717, 1.165) is 77.1 Å². The summed E-state index contributed by atoms with van der Waals surface area (Å²) in [6, 6.07) is 0.436. The summed E-state index contributed by atoms with van der Waals surface area (Å²) in [5.74, 6) is 1.23. The zero-order chi connectivity index (χ0) is 18.6. The van der Waals surface area contributed by atoms with Gasteiger partial charge in [0.25, 0.3) is 0 Å². The molecule has 2 rings (SSSR count). The lowest BCUT2D eigenvalue weighted by molar-refractivity contribution is -0.130. The van der Waals surface area contributed by atoms with Crippen molar-refractivity contribution >= 4 is 17.8 Å². The van der Waals surface area contributed by atoms with Crippen LogP contribution in [0.1, 0.15) is 64.7 Å². The van der Waals surface area contributed by atoms with E-state index in [9.17, 15) is 9.59 Å². The Morgan fingerprint density at radius 3 is 2.81 bits per heavy atom. The van der Waals surface area contributed by atoms with E-state index < -0.39 is 0 Å². The van der Waals surface area contributed by atoms with Gasteiger partial charge in [-0.05, 0) is 45.4 Å². The minimum Gasteiger partial charge on any atom is -0.357 e. The Morgan fingerprint density at radius 2 is 2.04 bits per heavy atom. The van der Waals surface area contributed by atoms with Crippen molar-refractivity contribution in [3.8, 4) is 0 Å². The van der Waals surface area contributed by atoms with Gasteiger partial charge in [0.1, 0.15) is 0 Å². The van der Waals surface area contributed by atoms with Crippen LogP contribution in [0.25, 0.3) is 0 Å². The molecule has 0 aromatic carbocycles.